The summed E-state index contributed by atoms with van der Waals surface area (Å²) in [7, 11) is 1.88. The molecule has 134 valence electrons. The van der Waals surface area contributed by atoms with Gasteiger partial charge in [0.2, 0.25) is 5.91 Å². The van der Waals surface area contributed by atoms with Gasteiger partial charge in [-0.2, -0.15) is 5.10 Å². The molecule has 3 rings (SSSR count). The Morgan fingerprint density at radius 3 is 2.92 bits per heavy atom. The van der Waals surface area contributed by atoms with E-state index >= 15 is 0 Å². The first-order valence-electron chi connectivity index (χ1n) is 8.38. The molecule has 1 aliphatic heterocycles. The summed E-state index contributed by atoms with van der Waals surface area (Å²) < 4.78 is 7.48. The Bertz CT molecular complexity index is 826. The molecule has 0 radical (unpaired) electrons. The average molecular weight is 345 g/mol. The van der Waals surface area contributed by atoms with Crippen molar-refractivity contribution in [3.8, 4) is 0 Å². The summed E-state index contributed by atoms with van der Waals surface area (Å²) in [6.45, 7) is 5.10. The van der Waals surface area contributed by atoms with E-state index in [1.807, 2.05) is 20.2 Å². The molecule has 2 aromatic heterocycles. The number of hydrogen-bond acceptors (Lipinski definition) is 5. The Balaban J connectivity index is 1.63. The van der Waals surface area contributed by atoms with Crippen molar-refractivity contribution >= 4 is 5.91 Å². The van der Waals surface area contributed by atoms with Crippen LogP contribution in [-0.2, 0) is 23.0 Å². The minimum Gasteiger partial charge on any atom is -0.368 e. The van der Waals surface area contributed by atoms with Gasteiger partial charge in [0.1, 0.15) is 11.9 Å². The van der Waals surface area contributed by atoms with Crippen LogP contribution >= 0.6 is 0 Å². The van der Waals surface area contributed by atoms with Crippen molar-refractivity contribution in [1.82, 2.24) is 24.6 Å². The van der Waals surface area contributed by atoms with Crippen LogP contribution in [0.2, 0.25) is 0 Å². The number of carbonyl (C=O) groups is 1. The van der Waals surface area contributed by atoms with Crippen LogP contribution in [0.4, 0.5) is 0 Å². The number of nitrogens with one attached hydrogen (secondary N) is 1. The molecule has 1 N–H and O–H groups in total. The first-order chi connectivity index (χ1) is 11.9. The Hall–Kier alpha value is -2.48. The Morgan fingerprint density at radius 1 is 1.44 bits per heavy atom. The number of ether oxygens (including phenoxy) is 1. The SMILES string of the molecule is Cc1nc([C@@H]2CN(C(=O)CCc3cn(C)nc3C)CCO2)cc(=O)[nH]1. The van der Waals surface area contributed by atoms with E-state index in [1.165, 1.54) is 6.07 Å². The molecule has 0 bridgehead atoms. The predicted octanol–water partition coefficient (Wildman–Crippen LogP) is 0.653. The number of nitrogens with zero attached hydrogens (tertiary/aromatic N) is 4. The Labute approximate surface area is 145 Å². The van der Waals surface area contributed by atoms with Gasteiger partial charge in [0.05, 0.1) is 24.5 Å². The van der Waals surface area contributed by atoms with Crippen molar-refractivity contribution in [2.24, 2.45) is 7.05 Å². The molecular formula is C17H23N5O3. The predicted molar refractivity (Wildman–Crippen MR) is 91.1 cm³/mol. The molecule has 25 heavy (non-hydrogen) atoms. The molecule has 8 nitrogen and oxygen atoms in total. The third-order valence-electron chi connectivity index (χ3n) is 4.35. The van der Waals surface area contributed by atoms with E-state index in [0.29, 0.717) is 44.1 Å². The second-order valence-corrected chi connectivity index (χ2v) is 6.37. The molecule has 8 heteroatoms. The average Bonchev–Trinajstić information content (AvgIpc) is 2.89. The third kappa shape index (κ3) is 4.14. The monoisotopic (exact) mass is 345 g/mol. The fourth-order valence-electron chi connectivity index (χ4n) is 3.12. The van der Waals surface area contributed by atoms with Gasteiger partial charge in [-0.1, -0.05) is 0 Å². The molecule has 0 unspecified atom stereocenters. The highest BCUT2D eigenvalue weighted by molar-refractivity contribution is 5.76. The van der Waals surface area contributed by atoms with E-state index in [9.17, 15) is 9.59 Å². The number of amides is 1. The van der Waals surface area contributed by atoms with Gasteiger partial charge in [-0.15, -0.1) is 0 Å². The lowest BCUT2D eigenvalue weighted by atomic mass is 10.1. The molecular weight excluding hydrogens is 322 g/mol. The minimum atomic E-state index is -0.362. The molecule has 1 saturated heterocycles. The maximum absolute atomic E-state index is 12.6. The molecule has 0 spiro atoms. The topological polar surface area (TPSA) is 93.1 Å². The van der Waals surface area contributed by atoms with Gasteiger partial charge in [-0.3, -0.25) is 14.3 Å². The number of carbonyl (C=O) groups excluding carboxylic acids is 1. The van der Waals surface area contributed by atoms with Gasteiger partial charge < -0.3 is 14.6 Å². The maximum Gasteiger partial charge on any atom is 0.251 e. The molecule has 1 atom stereocenters. The summed E-state index contributed by atoms with van der Waals surface area (Å²) >= 11 is 0. The number of aromatic amines is 1. The van der Waals surface area contributed by atoms with E-state index in [1.54, 1.807) is 16.5 Å². The fourth-order valence-corrected chi connectivity index (χ4v) is 3.12. The number of aryl methyl sites for hydroxylation is 4. The zero-order valence-electron chi connectivity index (χ0n) is 14.8. The highest BCUT2D eigenvalue weighted by Gasteiger charge is 2.26. The fraction of sp³-hybridized carbons (Fsp3) is 0.529. The lowest BCUT2D eigenvalue weighted by molar-refractivity contribution is -0.139. The van der Waals surface area contributed by atoms with E-state index in [0.717, 1.165) is 11.3 Å². The maximum atomic E-state index is 12.6. The van der Waals surface area contributed by atoms with E-state index in [4.69, 9.17) is 4.74 Å². The molecule has 0 aliphatic carbocycles. The molecule has 3 heterocycles. The van der Waals surface area contributed by atoms with Crippen molar-refractivity contribution in [3.05, 3.63) is 45.4 Å². The van der Waals surface area contributed by atoms with E-state index < -0.39 is 0 Å². The van der Waals surface area contributed by atoms with Crippen molar-refractivity contribution < 1.29 is 9.53 Å². The van der Waals surface area contributed by atoms with Gasteiger partial charge in [0.15, 0.2) is 0 Å². The lowest BCUT2D eigenvalue weighted by Crippen LogP contribution is -2.42. The third-order valence-corrected chi connectivity index (χ3v) is 4.35. The number of morpholine rings is 1. The number of rotatable bonds is 4. The molecule has 2 aromatic rings. The largest absolute Gasteiger partial charge is 0.368 e. The van der Waals surface area contributed by atoms with Gasteiger partial charge in [0, 0.05) is 32.3 Å². The smallest absolute Gasteiger partial charge is 0.251 e. The van der Waals surface area contributed by atoms with Crippen LogP contribution in [0.3, 0.4) is 0 Å². The zero-order valence-corrected chi connectivity index (χ0v) is 14.8. The minimum absolute atomic E-state index is 0.0816. The highest BCUT2D eigenvalue weighted by atomic mass is 16.5. The van der Waals surface area contributed by atoms with Crippen LogP contribution in [0.25, 0.3) is 0 Å². The molecule has 0 aromatic carbocycles. The Kier molecular flexibility index (Phi) is 4.98. The van der Waals surface area contributed by atoms with Crippen LogP contribution in [0.1, 0.15) is 35.3 Å². The summed E-state index contributed by atoms with van der Waals surface area (Å²) in [5, 5.41) is 4.30. The summed E-state index contributed by atoms with van der Waals surface area (Å²) in [6, 6.07) is 1.44. The van der Waals surface area contributed by atoms with Crippen molar-refractivity contribution in [1.29, 1.82) is 0 Å². The van der Waals surface area contributed by atoms with E-state index in [2.05, 4.69) is 15.1 Å². The van der Waals surface area contributed by atoms with Crippen LogP contribution in [0, 0.1) is 13.8 Å². The molecule has 1 aliphatic rings. The quantitative estimate of drug-likeness (QED) is 0.878. The van der Waals surface area contributed by atoms with Gasteiger partial charge >= 0.3 is 0 Å². The van der Waals surface area contributed by atoms with Crippen LogP contribution in [-0.4, -0.2) is 50.3 Å². The highest BCUT2D eigenvalue weighted by Crippen LogP contribution is 2.20. The second-order valence-electron chi connectivity index (χ2n) is 6.37. The first-order valence-corrected chi connectivity index (χ1v) is 8.38. The van der Waals surface area contributed by atoms with Gasteiger partial charge in [-0.05, 0) is 25.8 Å². The molecule has 1 amide bonds. The summed E-state index contributed by atoms with van der Waals surface area (Å²) in [6.07, 6.45) is 2.69. The Morgan fingerprint density at radius 2 is 2.24 bits per heavy atom. The molecule has 1 fully saturated rings. The van der Waals surface area contributed by atoms with Crippen LogP contribution in [0.15, 0.2) is 17.1 Å². The number of aromatic nitrogens is 4. The second kappa shape index (κ2) is 7.18. The van der Waals surface area contributed by atoms with Crippen molar-refractivity contribution in [3.63, 3.8) is 0 Å². The van der Waals surface area contributed by atoms with Gasteiger partial charge in [-0.25, -0.2) is 4.98 Å². The summed E-state index contributed by atoms with van der Waals surface area (Å²) in [5.41, 5.74) is 2.41. The number of H-pyrrole nitrogens is 1. The molecule has 0 saturated carbocycles. The summed E-state index contributed by atoms with van der Waals surface area (Å²) in [5.74, 6) is 0.625. The van der Waals surface area contributed by atoms with Crippen molar-refractivity contribution in [2.75, 3.05) is 19.7 Å². The lowest BCUT2D eigenvalue weighted by Gasteiger charge is -2.32. The zero-order chi connectivity index (χ0) is 18.0. The van der Waals surface area contributed by atoms with Crippen LogP contribution < -0.4 is 5.56 Å². The summed E-state index contributed by atoms with van der Waals surface area (Å²) in [4.78, 5) is 32.9. The number of hydrogen-bond donors (Lipinski definition) is 1. The first kappa shape index (κ1) is 17.3. The van der Waals surface area contributed by atoms with Crippen LogP contribution in [0.5, 0.6) is 0 Å². The van der Waals surface area contributed by atoms with Gasteiger partial charge in [0.25, 0.3) is 5.56 Å². The van der Waals surface area contributed by atoms with E-state index in [-0.39, 0.29) is 17.6 Å². The normalized spacial score (nSPS) is 17.7. The van der Waals surface area contributed by atoms with Crippen molar-refractivity contribution in [2.45, 2.75) is 32.8 Å². The standard InChI is InChI=1S/C17H23N5O3/c1-11-13(9-21(3)20-11)4-5-17(24)22-6-7-25-15(10-22)14-8-16(23)19-12(2)18-14/h8-9,15H,4-7,10H2,1-3H3,(H,18,19,23)/t15-/m0/s1.